The van der Waals surface area contributed by atoms with E-state index in [0.717, 1.165) is 12.5 Å². The maximum absolute atomic E-state index is 12.8. The van der Waals surface area contributed by atoms with Crippen LogP contribution in [0.4, 0.5) is 0 Å². The van der Waals surface area contributed by atoms with Crippen LogP contribution in [0.15, 0.2) is 47.5 Å². The van der Waals surface area contributed by atoms with Crippen LogP contribution in [0.2, 0.25) is 0 Å². The number of carboxylic acids is 1. The Hall–Kier alpha value is -2.67. The van der Waals surface area contributed by atoms with Crippen molar-refractivity contribution >= 4 is 17.7 Å². The van der Waals surface area contributed by atoms with Gasteiger partial charge in [-0.25, -0.2) is 4.79 Å². The van der Waals surface area contributed by atoms with Crippen LogP contribution in [0.3, 0.4) is 0 Å². The number of aliphatic hydroxyl groups is 1. The zero-order valence-electron chi connectivity index (χ0n) is 16.5. The minimum Gasteiger partial charge on any atom is -0.478 e. The summed E-state index contributed by atoms with van der Waals surface area (Å²) in [6.07, 6.45) is 7.30. The number of aliphatic carboxylic acids is 1. The molecule has 2 N–H and O–H groups in total. The molecule has 152 valence electrons. The predicted molar refractivity (Wildman–Crippen MR) is 101 cm³/mol. The van der Waals surface area contributed by atoms with Gasteiger partial charge in [0.2, 0.25) is 0 Å². The zero-order valence-corrected chi connectivity index (χ0v) is 16.5. The number of rotatable bonds is 7. The van der Waals surface area contributed by atoms with Crippen LogP contribution in [-0.2, 0) is 23.9 Å². The molecule has 1 aliphatic heterocycles. The summed E-state index contributed by atoms with van der Waals surface area (Å²) in [7, 11) is 0. The number of hydrogen-bond acceptors (Lipinski definition) is 6. The van der Waals surface area contributed by atoms with Crippen molar-refractivity contribution in [3.05, 3.63) is 47.5 Å². The van der Waals surface area contributed by atoms with E-state index >= 15 is 0 Å². The SMILES string of the molecule is CC[C@H](C)C[C@H](C)OC(=O)[C@@H]1C2=COC(/C=C/C(=O)O)=CC2=CC(=O)[C@]1(C)O. The van der Waals surface area contributed by atoms with Gasteiger partial charge in [-0.3, -0.25) is 9.59 Å². The average Bonchev–Trinajstić information content (AvgIpc) is 2.60. The third kappa shape index (κ3) is 4.78. The summed E-state index contributed by atoms with van der Waals surface area (Å²) < 4.78 is 10.9. The number of carbonyl (C=O) groups excluding carboxylic acids is 2. The maximum atomic E-state index is 12.8. The van der Waals surface area contributed by atoms with E-state index in [4.69, 9.17) is 14.6 Å². The molecule has 4 atom stereocenters. The number of hydrogen-bond donors (Lipinski definition) is 2. The highest BCUT2D eigenvalue weighted by Gasteiger charge is 2.50. The normalized spacial score (nSPS) is 26.4. The fourth-order valence-electron chi connectivity index (χ4n) is 3.21. The van der Waals surface area contributed by atoms with E-state index in [1.165, 1.54) is 31.4 Å². The second-order valence-electron chi connectivity index (χ2n) is 7.45. The van der Waals surface area contributed by atoms with Gasteiger partial charge in [-0.2, -0.15) is 0 Å². The number of carboxylic acid groups (broad SMARTS) is 1. The topological polar surface area (TPSA) is 110 Å². The molecule has 7 nitrogen and oxygen atoms in total. The molecule has 0 spiro atoms. The molecule has 0 aromatic rings. The van der Waals surface area contributed by atoms with E-state index < -0.39 is 29.2 Å². The Bertz CT molecular complexity index is 783. The molecule has 0 radical (unpaired) electrons. The van der Waals surface area contributed by atoms with Crippen LogP contribution in [0, 0.1) is 11.8 Å². The number of esters is 1. The highest BCUT2D eigenvalue weighted by Crippen LogP contribution is 2.40. The van der Waals surface area contributed by atoms with E-state index in [1.54, 1.807) is 6.92 Å². The number of allylic oxidation sites excluding steroid dienone is 3. The van der Waals surface area contributed by atoms with Gasteiger partial charge >= 0.3 is 11.9 Å². The minimum atomic E-state index is -1.96. The van der Waals surface area contributed by atoms with Gasteiger partial charge in [-0.1, -0.05) is 20.3 Å². The van der Waals surface area contributed by atoms with Crippen molar-refractivity contribution in [2.75, 3.05) is 0 Å². The quantitative estimate of drug-likeness (QED) is 0.508. The van der Waals surface area contributed by atoms with Crippen molar-refractivity contribution in [1.82, 2.24) is 0 Å². The Morgan fingerprint density at radius 1 is 1.36 bits per heavy atom. The summed E-state index contributed by atoms with van der Waals surface area (Å²) in [4.78, 5) is 35.9. The molecule has 0 saturated carbocycles. The highest BCUT2D eigenvalue weighted by molar-refractivity contribution is 6.04. The lowest BCUT2D eigenvalue weighted by molar-refractivity contribution is -0.164. The molecule has 7 heteroatoms. The Morgan fingerprint density at radius 2 is 2.04 bits per heavy atom. The number of ketones is 1. The maximum Gasteiger partial charge on any atom is 0.328 e. The first-order valence-electron chi connectivity index (χ1n) is 9.25. The lowest BCUT2D eigenvalue weighted by Gasteiger charge is -2.36. The zero-order chi connectivity index (χ0) is 21.1. The van der Waals surface area contributed by atoms with Crippen molar-refractivity contribution < 1.29 is 34.1 Å². The van der Waals surface area contributed by atoms with Crippen molar-refractivity contribution in [3.8, 4) is 0 Å². The first kappa shape index (κ1) is 21.6. The molecule has 0 fully saturated rings. The molecular weight excluding hydrogens is 364 g/mol. The van der Waals surface area contributed by atoms with Gasteiger partial charge in [-0.15, -0.1) is 0 Å². The minimum absolute atomic E-state index is 0.198. The fraction of sp³-hybridized carbons (Fsp3) is 0.476. The molecule has 28 heavy (non-hydrogen) atoms. The Balaban J connectivity index is 2.28. The molecule has 1 heterocycles. The van der Waals surface area contributed by atoms with E-state index in [2.05, 4.69) is 6.92 Å². The van der Waals surface area contributed by atoms with Crippen molar-refractivity contribution in [2.24, 2.45) is 11.8 Å². The molecule has 0 aromatic heterocycles. The standard InChI is InChI=1S/C21H26O7/c1-5-12(2)8-13(3)28-20(25)19-16-11-27-15(6-7-18(23)24)9-14(16)10-17(22)21(19,4)26/h6-7,9-13,19,26H,5,8H2,1-4H3,(H,23,24)/b7-6+/t12-,13-,19-,21-/m0/s1. The van der Waals surface area contributed by atoms with E-state index in [9.17, 15) is 19.5 Å². The van der Waals surface area contributed by atoms with Crippen molar-refractivity contribution in [3.63, 3.8) is 0 Å². The van der Waals surface area contributed by atoms with Crippen molar-refractivity contribution in [2.45, 2.75) is 52.2 Å². The molecule has 2 aliphatic rings. The third-order valence-electron chi connectivity index (χ3n) is 4.99. The van der Waals surface area contributed by atoms with Crippen LogP contribution in [0.25, 0.3) is 0 Å². The van der Waals surface area contributed by atoms with Gasteiger partial charge in [0.25, 0.3) is 0 Å². The first-order chi connectivity index (χ1) is 13.1. The summed E-state index contributed by atoms with van der Waals surface area (Å²) in [5.41, 5.74) is -1.27. The van der Waals surface area contributed by atoms with E-state index in [0.29, 0.717) is 23.5 Å². The lowest BCUT2D eigenvalue weighted by atomic mass is 9.72. The largest absolute Gasteiger partial charge is 0.478 e. The second kappa shape index (κ2) is 8.56. The average molecular weight is 390 g/mol. The summed E-state index contributed by atoms with van der Waals surface area (Å²) in [5, 5.41) is 19.4. The Morgan fingerprint density at radius 3 is 2.64 bits per heavy atom. The van der Waals surface area contributed by atoms with Gasteiger partial charge in [0.05, 0.1) is 12.4 Å². The molecule has 0 aromatic carbocycles. The van der Waals surface area contributed by atoms with Crippen LogP contribution >= 0.6 is 0 Å². The van der Waals surface area contributed by atoms with Crippen LogP contribution in [0.5, 0.6) is 0 Å². The molecule has 0 amide bonds. The number of ether oxygens (including phenoxy) is 2. The summed E-state index contributed by atoms with van der Waals surface area (Å²) >= 11 is 0. The summed E-state index contributed by atoms with van der Waals surface area (Å²) in [6, 6.07) is 0. The molecule has 1 aliphatic carbocycles. The van der Waals surface area contributed by atoms with Crippen LogP contribution in [0.1, 0.15) is 40.5 Å². The second-order valence-corrected chi connectivity index (χ2v) is 7.45. The fourth-order valence-corrected chi connectivity index (χ4v) is 3.21. The first-order valence-corrected chi connectivity index (χ1v) is 9.25. The summed E-state index contributed by atoms with van der Waals surface area (Å²) in [5.74, 6) is -3.14. The monoisotopic (exact) mass is 390 g/mol. The van der Waals surface area contributed by atoms with Gasteiger partial charge in [0.1, 0.15) is 17.3 Å². The van der Waals surface area contributed by atoms with Gasteiger partial charge in [-0.05, 0) is 50.0 Å². The highest BCUT2D eigenvalue weighted by atomic mass is 16.5. The molecule has 0 bridgehead atoms. The van der Waals surface area contributed by atoms with Gasteiger partial charge in [0, 0.05) is 11.6 Å². The molecule has 0 saturated heterocycles. The smallest absolute Gasteiger partial charge is 0.328 e. The van der Waals surface area contributed by atoms with Crippen LogP contribution in [-0.4, -0.2) is 39.6 Å². The van der Waals surface area contributed by atoms with E-state index in [1.807, 2.05) is 6.92 Å². The lowest BCUT2D eigenvalue weighted by Crippen LogP contribution is -2.50. The number of carbonyl (C=O) groups is 3. The van der Waals surface area contributed by atoms with E-state index in [-0.39, 0.29) is 11.9 Å². The van der Waals surface area contributed by atoms with Crippen LogP contribution < -0.4 is 0 Å². The Kier molecular flexibility index (Phi) is 6.61. The Labute approximate surface area is 164 Å². The van der Waals surface area contributed by atoms with Crippen molar-refractivity contribution in [1.29, 1.82) is 0 Å². The molecule has 2 rings (SSSR count). The predicted octanol–water partition coefficient (Wildman–Crippen LogP) is 2.67. The number of fused-ring (bicyclic) bond motifs is 1. The van der Waals surface area contributed by atoms with Gasteiger partial charge in [0.15, 0.2) is 5.78 Å². The van der Waals surface area contributed by atoms with Gasteiger partial charge < -0.3 is 19.7 Å². The molecular formula is C21H26O7. The summed E-state index contributed by atoms with van der Waals surface area (Å²) in [6.45, 7) is 7.16. The molecule has 0 unspecified atom stereocenters. The third-order valence-corrected chi connectivity index (χ3v) is 4.99.